The normalized spacial score (nSPS) is 17.4. The maximum absolute atomic E-state index is 12.9. The molecule has 0 aromatic heterocycles. The highest BCUT2D eigenvalue weighted by Gasteiger charge is 2.42. The van der Waals surface area contributed by atoms with Gasteiger partial charge < -0.3 is 10.2 Å². The predicted octanol–water partition coefficient (Wildman–Crippen LogP) is 5.43. The fourth-order valence-electron chi connectivity index (χ4n) is 4.70. The number of piperidine rings is 1. The lowest BCUT2D eigenvalue weighted by atomic mass is 10.0. The van der Waals surface area contributed by atoms with E-state index >= 15 is 0 Å². The summed E-state index contributed by atoms with van der Waals surface area (Å²) in [4.78, 5) is 15.1. The van der Waals surface area contributed by atoms with Crippen LogP contribution < -0.4 is 5.32 Å². The Morgan fingerprint density at radius 3 is 2.27 bits per heavy atom. The van der Waals surface area contributed by atoms with Crippen molar-refractivity contribution in [1.29, 1.82) is 0 Å². The first-order chi connectivity index (χ1) is 15.8. The number of likely N-dealkylation sites (tertiary alicyclic amines) is 1. The molecule has 0 saturated carbocycles. The van der Waals surface area contributed by atoms with E-state index in [4.69, 9.17) is 11.6 Å². The highest BCUT2D eigenvalue weighted by Crippen LogP contribution is 2.33. The van der Waals surface area contributed by atoms with Crippen LogP contribution in [0.4, 0.5) is 18.9 Å². The van der Waals surface area contributed by atoms with Crippen molar-refractivity contribution in [3.05, 3.63) is 63.7 Å². The second kappa shape index (κ2) is 10.3. The van der Waals surface area contributed by atoms with E-state index in [9.17, 15) is 18.0 Å². The van der Waals surface area contributed by atoms with E-state index in [1.165, 1.54) is 24.8 Å². The number of benzene rings is 2. The smallest absolute Gasteiger partial charge is 0.380 e. The molecule has 4 nitrogen and oxygen atoms in total. The van der Waals surface area contributed by atoms with E-state index in [-0.39, 0.29) is 13.1 Å². The molecule has 1 saturated heterocycles. The van der Waals surface area contributed by atoms with Crippen molar-refractivity contribution in [2.45, 2.75) is 51.4 Å². The van der Waals surface area contributed by atoms with E-state index in [0.29, 0.717) is 24.4 Å². The number of nitrogens with one attached hydrogen (secondary N) is 1. The molecule has 2 heterocycles. The molecule has 1 fully saturated rings. The van der Waals surface area contributed by atoms with Gasteiger partial charge in [0.05, 0.1) is 10.7 Å². The van der Waals surface area contributed by atoms with Gasteiger partial charge in [0.15, 0.2) is 0 Å². The first-order valence-electron chi connectivity index (χ1n) is 11.5. The Hall–Kier alpha value is -2.25. The highest BCUT2D eigenvalue weighted by molar-refractivity contribution is 6.33. The molecule has 0 atom stereocenters. The SMILES string of the molecule is O=C(N1CCc2ccc(Cl)c(NCc3ccc(CN4CCCCC4)cc3)c2CC1)C(F)(F)F. The zero-order valence-corrected chi connectivity index (χ0v) is 19.3. The van der Waals surface area contributed by atoms with Gasteiger partial charge in [-0.15, -0.1) is 0 Å². The zero-order chi connectivity index (χ0) is 23.4. The minimum atomic E-state index is -4.85. The van der Waals surface area contributed by atoms with Gasteiger partial charge in [-0.05, 0) is 67.1 Å². The molecule has 2 aromatic carbocycles. The molecule has 0 radical (unpaired) electrons. The lowest BCUT2D eigenvalue weighted by Crippen LogP contribution is -2.42. The second-order valence-electron chi connectivity index (χ2n) is 8.86. The number of hydrogen-bond donors (Lipinski definition) is 1. The molecular weight excluding hydrogens is 451 g/mol. The average molecular weight is 480 g/mol. The standard InChI is InChI=1S/C25H29ClF3N3O/c26-22-9-8-20-10-14-32(24(33)25(27,28)29)15-11-21(20)23(22)30-16-18-4-6-19(7-5-18)17-31-12-2-1-3-13-31/h4-9,30H,1-3,10-17H2. The van der Waals surface area contributed by atoms with E-state index in [1.807, 2.05) is 6.07 Å². The van der Waals surface area contributed by atoms with E-state index < -0.39 is 12.1 Å². The van der Waals surface area contributed by atoms with Crippen molar-refractivity contribution in [1.82, 2.24) is 9.80 Å². The molecule has 4 rings (SSSR count). The Morgan fingerprint density at radius 2 is 1.58 bits per heavy atom. The molecule has 2 aliphatic rings. The molecule has 178 valence electrons. The number of alkyl halides is 3. The van der Waals surface area contributed by atoms with Crippen LogP contribution in [0.3, 0.4) is 0 Å². The average Bonchev–Trinajstić information content (AvgIpc) is 3.02. The van der Waals surface area contributed by atoms with Gasteiger partial charge in [-0.2, -0.15) is 13.2 Å². The van der Waals surface area contributed by atoms with Crippen molar-refractivity contribution < 1.29 is 18.0 Å². The fourth-order valence-corrected chi connectivity index (χ4v) is 4.94. The van der Waals surface area contributed by atoms with E-state index in [2.05, 4.69) is 34.5 Å². The van der Waals surface area contributed by atoms with Crippen LogP contribution in [0.2, 0.25) is 5.02 Å². The van der Waals surface area contributed by atoms with Gasteiger partial charge in [0, 0.05) is 26.2 Å². The minimum absolute atomic E-state index is 0.0194. The third-order valence-electron chi connectivity index (χ3n) is 6.52. The maximum atomic E-state index is 12.9. The molecule has 1 N–H and O–H groups in total. The number of carbonyl (C=O) groups is 1. The van der Waals surface area contributed by atoms with Gasteiger partial charge in [0.1, 0.15) is 0 Å². The number of nitrogens with zero attached hydrogens (tertiary/aromatic N) is 2. The summed E-state index contributed by atoms with van der Waals surface area (Å²) >= 11 is 6.46. The van der Waals surface area contributed by atoms with Crippen LogP contribution in [0, 0.1) is 0 Å². The third-order valence-corrected chi connectivity index (χ3v) is 6.83. The molecule has 0 unspecified atom stereocenters. The molecule has 2 aromatic rings. The molecule has 0 spiro atoms. The molecule has 1 amide bonds. The number of rotatable bonds is 5. The number of carbonyl (C=O) groups excluding carboxylic acids is 1. The predicted molar refractivity (Wildman–Crippen MR) is 124 cm³/mol. The molecule has 0 bridgehead atoms. The minimum Gasteiger partial charge on any atom is -0.380 e. The third kappa shape index (κ3) is 6.01. The van der Waals surface area contributed by atoms with Crippen LogP contribution in [-0.4, -0.2) is 48.1 Å². The van der Waals surface area contributed by atoms with Crippen LogP contribution in [0.25, 0.3) is 0 Å². The van der Waals surface area contributed by atoms with Gasteiger partial charge in [0.25, 0.3) is 0 Å². The Morgan fingerprint density at radius 1 is 0.909 bits per heavy atom. The van der Waals surface area contributed by atoms with Gasteiger partial charge in [-0.3, -0.25) is 9.69 Å². The summed E-state index contributed by atoms with van der Waals surface area (Å²) in [6.45, 7) is 3.92. The topological polar surface area (TPSA) is 35.6 Å². The van der Waals surface area contributed by atoms with Crippen molar-refractivity contribution in [3.8, 4) is 0 Å². The Labute approximate surface area is 197 Å². The second-order valence-corrected chi connectivity index (χ2v) is 9.26. The monoisotopic (exact) mass is 479 g/mol. The lowest BCUT2D eigenvalue weighted by Gasteiger charge is -2.26. The Kier molecular flexibility index (Phi) is 7.49. The summed E-state index contributed by atoms with van der Waals surface area (Å²) in [6.07, 6.45) is -0.291. The Bertz CT molecular complexity index is 972. The molecule has 2 aliphatic heterocycles. The van der Waals surface area contributed by atoms with Gasteiger partial charge in [0.2, 0.25) is 0 Å². The molecule has 0 aliphatic carbocycles. The van der Waals surface area contributed by atoms with Crippen molar-refractivity contribution in [2.24, 2.45) is 0 Å². The molecule has 33 heavy (non-hydrogen) atoms. The zero-order valence-electron chi connectivity index (χ0n) is 18.6. The summed E-state index contributed by atoms with van der Waals surface area (Å²) in [5, 5.41) is 3.93. The van der Waals surface area contributed by atoms with Crippen LogP contribution >= 0.6 is 11.6 Å². The number of hydrogen-bond acceptors (Lipinski definition) is 3. The maximum Gasteiger partial charge on any atom is 0.471 e. The summed E-state index contributed by atoms with van der Waals surface area (Å²) < 4.78 is 38.6. The molecular formula is C25H29ClF3N3O. The number of amides is 1. The van der Waals surface area contributed by atoms with Gasteiger partial charge >= 0.3 is 12.1 Å². The van der Waals surface area contributed by atoms with Crippen LogP contribution in [-0.2, 0) is 30.7 Å². The number of halogens is 4. The summed E-state index contributed by atoms with van der Waals surface area (Å²) in [6, 6.07) is 12.1. The van der Waals surface area contributed by atoms with Crippen LogP contribution in [0.1, 0.15) is 41.5 Å². The van der Waals surface area contributed by atoms with Crippen molar-refractivity contribution in [3.63, 3.8) is 0 Å². The largest absolute Gasteiger partial charge is 0.471 e. The lowest BCUT2D eigenvalue weighted by molar-refractivity contribution is -0.185. The van der Waals surface area contributed by atoms with Gasteiger partial charge in [-0.25, -0.2) is 0 Å². The fraction of sp³-hybridized carbons (Fsp3) is 0.480. The summed E-state index contributed by atoms with van der Waals surface area (Å²) in [5.41, 5.74) is 4.96. The van der Waals surface area contributed by atoms with E-state index in [1.54, 1.807) is 6.07 Å². The Balaban J connectivity index is 1.41. The van der Waals surface area contributed by atoms with Crippen LogP contribution in [0.15, 0.2) is 36.4 Å². The highest BCUT2D eigenvalue weighted by atomic mass is 35.5. The quantitative estimate of drug-likeness (QED) is 0.621. The van der Waals surface area contributed by atoms with Crippen molar-refractivity contribution in [2.75, 3.05) is 31.5 Å². The van der Waals surface area contributed by atoms with E-state index in [0.717, 1.165) is 46.9 Å². The van der Waals surface area contributed by atoms with Crippen molar-refractivity contribution >= 4 is 23.2 Å². The first-order valence-corrected chi connectivity index (χ1v) is 11.9. The van der Waals surface area contributed by atoms with Crippen LogP contribution in [0.5, 0.6) is 0 Å². The first kappa shape index (κ1) is 23.9. The molecule has 8 heteroatoms. The summed E-state index contributed by atoms with van der Waals surface area (Å²) in [7, 11) is 0. The number of fused-ring (bicyclic) bond motifs is 1. The number of anilines is 1. The summed E-state index contributed by atoms with van der Waals surface area (Å²) in [5.74, 6) is -1.78. The van der Waals surface area contributed by atoms with Gasteiger partial charge in [-0.1, -0.05) is 48.4 Å².